The number of aliphatic hydroxyl groups is 1. The Labute approximate surface area is 112 Å². The highest BCUT2D eigenvalue weighted by Gasteiger charge is 2.14. The molecule has 6 heteroatoms. The third-order valence-corrected chi connectivity index (χ3v) is 2.56. The molecule has 19 heavy (non-hydrogen) atoms. The predicted molar refractivity (Wildman–Crippen MR) is 71.7 cm³/mol. The highest BCUT2D eigenvalue weighted by atomic mass is 16.5. The summed E-state index contributed by atoms with van der Waals surface area (Å²) in [4.78, 5) is 15.3. The molecule has 6 nitrogen and oxygen atoms in total. The maximum absolute atomic E-state index is 11.2. The summed E-state index contributed by atoms with van der Waals surface area (Å²) < 4.78 is 5.13. The van der Waals surface area contributed by atoms with Crippen LogP contribution in [0, 0.1) is 13.8 Å². The minimum absolute atomic E-state index is 0.0132. The van der Waals surface area contributed by atoms with E-state index in [0.29, 0.717) is 31.1 Å². The van der Waals surface area contributed by atoms with Crippen molar-refractivity contribution in [3.63, 3.8) is 0 Å². The van der Waals surface area contributed by atoms with Crippen molar-refractivity contribution >= 4 is 11.7 Å². The van der Waals surface area contributed by atoms with Gasteiger partial charge >= 0.3 is 5.97 Å². The quantitative estimate of drug-likeness (QED) is 0.614. The second kappa shape index (κ2) is 7.70. The number of aromatic nitrogens is 1. The van der Waals surface area contributed by atoms with Gasteiger partial charge in [0.2, 0.25) is 0 Å². The number of rotatable bonds is 8. The number of ether oxygens (including phenoxy) is 1. The lowest BCUT2D eigenvalue weighted by Crippen LogP contribution is -2.13. The van der Waals surface area contributed by atoms with Crippen molar-refractivity contribution in [3.05, 3.63) is 23.0 Å². The molecule has 0 aliphatic rings. The number of hydrogen-bond acceptors (Lipinski definition) is 5. The van der Waals surface area contributed by atoms with Gasteiger partial charge in [-0.3, -0.25) is 4.98 Å². The Kier molecular flexibility index (Phi) is 6.24. The minimum Gasteiger partial charge on any atom is -0.478 e. The molecule has 0 atom stereocenters. The lowest BCUT2D eigenvalue weighted by atomic mass is 10.1. The maximum Gasteiger partial charge on any atom is 0.339 e. The van der Waals surface area contributed by atoms with Gasteiger partial charge in [-0.1, -0.05) is 0 Å². The number of nitrogens with zero attached hydrogens (tertiary/aromatic N) is 1. The Morgan fingerprint density at radius 3 is 2.79 bits per heavy atom. The molecule has 106 valence electrons. The Balaban J connectivity index is 2.59. The molecule has 0 aromatic carbocycles. The third kappa shape index (κ3) is 4.84. The lowest BCUT2D eigenvalue weighted by molar-refractivity contribution is 0.0696. The molecule has 0 saturated heterocycles. The van der Waals surface area contributed by atoms with Crippen molar-refractivity contribution in [2.24, 2.45) is 0 Å². The molecular formula is C13H20N2O4. The van der Waals surface area contributed by atoms with Crippen molar-refractivity contribution < 1.29 is 19.7 Å². The van der Waals surface area contributed by atoms with Gasteiger partial charge < -0.3 is 20.3 Å². The van der Waals surface area contributed by atoms with Crippen LogP contribution in [0.4, 0.5) is 5.69 Å². The fourth-order valence-electron chi connectivity index (χ4n) is 1.80. The molecule has 0 bridgehead atoms. The highest BCUT2D eigenvalue weighted by molar-refractivity contribution is 5.95. The Hall–Kier alpha value is -1.66. The molecule has 0 amide bonds. The first kappa shape index (κ1) is 15.4. The van der Waals surface area contributed by atoms with Crippen LogP contribution in [-0.2, 0) is 4.74 Å². The summed E-state index contributed by atoms with van der Waals surface area (Å²) in [5.74, 6) is -0.982. The molecule has 0 unspecified atom stereocenters. The zero-order valence-electron chi connectivity index (χ0n) is 11.3. The first-order chi connectivity index (χ1) is 9.06. The number of carboxylic acid groups (broad SMARTS) is 1. The van der Waals surface area contributed by atoms with Gasteiger partial charge in [-0.15, -0.1) is 0 Å². The average Bonchev–Trinajstić information content (AvgIpc) is 2.32. The molecule has 1 aromatic heterocycles. The SMILES string of the molecule is Cc1cc(NCCCOCCO)c(C(=O)O)c(C)n1. The summed E-state index contributed by atoms with van der Waals surface area (Å²) in [6.07, 6.45) is 0.736. The Morgan fingerprint density at radius 1 is 1.42 bits per heavy atom. The zero-order chi connectivity index (χ0) is 14.3. The van der Waals surface area contributed by atoms with Crippen LogP contribution in [0.2, 0.25) is 0 Å². The number of hydrogen-bond donors (Lipinski definition) is 3. The van der Waals surface area contributed by atoms with Gasteiger partial charge in [0.15, 0.2) is 0 Å². The number of aliphatic hydroxyl groups excluding tert-OH is 1. The van der Waals surface area contributed by atoms with Crippen LogP contribution in [0.1, 0.15) is 28.2 Å². The van der Waals surface area contributed by atoms with E-state index in [1.165, 1.54) is 0 Å². The summed E-state index contributed by atoms with van der Waals surface area (Å²) >= 11 is 0. The highest BCUT2D eigenvalue weighted by Crippen LogP contribution is 2.19. The van der Waals surface area contributed by atoms with Gasteiger partial charge in [-0.05, 0) is 26.3 Å². The van der Waals surface area contributed by atoms with Crippen LogP contribution in [0.3, 0.4) is 0 Å². The van der Waals surface area contributed by atoms with Crippen LogP contribution < -0.4 is 5.32 Å². The number of nitrogens with one attached hydrogen (secondary N) is 1. The first-order valence-electron chi connectivity index (χ1n) is 6.20. The van der Waals surface area contributed by atoms with E-state index in [1.807, 2.05) is 6.92 Å². The number of aryl methyl sites for hydroxylation is 2. The molecule has 0 aliphatic heterocycles. The monoisotopic (exact) mass is 268 g/mol. The smallest absolute Gasteiger partial charge is 0.339 e. The van der Waals surface area contributed by atoms with Crippen molar-refractivity contribution in [2.45, 2.75) is 20.3 Å². The number of pyridine rings is 1. The van der Waals surface area contributed by atoms with Gasteiger partial charge in [-0.2, -0.15) is 0 Å². The molecule has 0 aliphatic carbocycles. The molecule has 0 radical (unpaired) electrons. The molecular weight excluding hydrogens is 248 g/mol. The van der Waals surface area contributed by atoms with Gasteiger partial charge in [0.05, 0.1) is 24.6 Å². The predicted octanol–water partition coefficient (Wildman–Crippen LogP) is 1.21. The molecule has 3 N–H and O–H groups in total. The minimum atomic E-state index is -0.982. The van der Waals surface area contributed by atoms with Crippen molar-refractivity contribution in [1.82, 2.24) is 4.98 Å². The van der Waals surface area contributed by atoms with E-state index in [2.05, 4.69) is 10.3 Å². The fraction of sp³-hybridized carbons (Fsp3) is 0.538. The molecule has 1 heterocycles. The number of aromatic carboxylic acids is 1. The standard InChI is InChI=1S/C13H20N2O4/c1-9-8-11(12(13(17)18)10(2)15-9)14-4-3-6-19-7-5-16/h8,16H,3-7H2,1-2H3,(H,14,15)(H,17,18). The maximum atomic E-state index is 11.2. The van der Waals surface area contributed by atoms with Crippen LogP contribution >= 0.6 is 0 Å². The molecule has 0 saturated carbocycles. The van der Waals surface area contributed by atoms with Gasteiger partial charge in [0.25, 0.3) is 0 Å². The van der Waals surface area contributed by atoms with Gasteiger partial charge in [-0.25, -0.2) is 4.79 Å². The Bertz CT molecular complexity index is 435. The molecule has 1 aromatic rings. The Morgan fingerprint density at radius 2 is 2.16 bits per heavy atom. The number of carboxylic acids is 1. The van der Waals surface area contributed by atoms with E-state index in [1.54, 1.807) is 13.0 Å². The first-order valence-corrected chi connectivity index (χ1v) is 6.20. The average molecular weight is 268 g/mol. The fourth-order valence-corrected chi connectivity index (χ4v) is 1.80. The van der Waals surface area contributed by atoms with Gasteiger partial charge in [0.1, 0.15) is 5.56 Å². The zero-order valence-corrected chi connectivity index (χ0v) is 11.3. The second-order valence-corrected chi connectivity index (χ2v) is 4.19. The lowest BCUT2D eigenvalue weighted by Gasteiger charge is -2.12. The van der Waals surface area contributed by atoms with E-state index in [4.69, 9.17) is 9.84 Å². The van der Waals surface area contributed by atoms with Crippen LogP contribution in [0.15, 0.2) is 6.07 Å². The normalized spacial score (nSPS) is 10.5. The summed E-state index contributed by atoms with van der Waals surface area (Å²) in [5, 5.41) is 20.8. The van der Waals surface area contributed by atoms with Crippen molar-refractivity contribution in [1.29, 1.82) is 0 Å². The molecule has 1 rings (SSSR count). The summed E-state index contributed by atoms with van der Waals surface area (Å²) in [7, 11) is 0. The largest absolute Gasteiger partial charge is 0.478 e. The summed E-state index contributed by atoms with van der Waals surface area (Å²) in [5.41, 5.74) is 2.08. The molecule has 0 spiro atoms. The van der Waals surface area contributed by atoms with Crippen LogP contribution in [-0.4, -0.2) is 47.5 Å². The molecule has 0 fully saturated rings. The van der Waals surface area contributed by atoms with E-state index >= 15 is 0 Å². The van der Waals surface area contributed by atoms with E-state index in [-0.39, 0.29) is 12.2 Å². The van der Waals surface area contributed by atoms with E-state index in [9.17, 15) is 9.90 Å². The van der Waals surface area contributed by atoms with E-state index < -0.39 is 5.97 Å². The van der Waals surface area contributed by atoms with E-state index in [0.717, 1.165) is 12.1 Å². The van der Waals surface area contributed by atoms with Gasteiger partial charge in [0, 0.05) is 18.8 Å². The summed E-state index contributed by atoms with van der Waals surface area (Å²) in [6, 6.07) is 1.73. The van der Waals surface area contributed by atoms with Crippen LogP contribution in [0.5, 0.6) is 0 Å². The van der Waals surface area contributed by atoms with Crippen LogP contribution in [0.25, 0.3) is 0 Å². The van der Waals surface area contributed by atoms with Crippen molar-refractivity contribution in [2.75, 3.05) is 31.7 Å². The van der Waals surface area contributed by atoms with Crippen molar-refractivity contribution in [3.8, 4) is 0 Å². The summed E-state index contributed by atoms with van der Waals surface area (Å²) in [6.45, 7) is 4.99. The topological polar surface area (TPSA) is 91.7 Å². The number of anilines is 1. The number of carbonyl (C=O) groups is 1. The third-order valence-electron chi connectivity index (χ3n) is 2.56. The second-order valence-electron chi connectivity index (χ2n) is 4.19.